The Morgan fingerprint density at radius 2 is 1.87 bits per heavy atom. The molecular formula is C15H21N3O5. The maximum absolute atomic E-state index is 12.8. The van der Waals surface area contributed by atoms with Crippen LogP contribution in [0.5, 0.6) is 11.8 Å². The van der Waals surface area contributed by atoms with Gasteiger partial charge < -0.3 is 14.2 Å². The molecule has 0 radical (unpaired) electrons. The summed E-state index contributed by atoms with van der Waals surface area (Å²) >= 11 is 0. The molecule has 1 aliphatic rings. The number of amides is 2. The third-order valence-corrected chi connectivity index (χ3v) is 3.54. The third-order valence-electron chi connectivity index (χ3n) is 3.54. The van der Waals surface area contributed by atoms with Gasteiger partial charge in [-0.05, 0) is 12.5 Å². The molecule has 23 heavy (non-hydrogen) atoms. The van der Waals surface area contributed by atoms with Crippen LogP contribution in [0, 0.1) is 0 Å². The molecule has 0 aliphatic carbocycles. The van der Waals surface area contributed by atoms with Crippen molar-refractivity contribution in [3.8, 4) is 11.8 Å². The Morgan fingerprint density at radius 3 is 2.52 bits per heavy atom. The minimum absolute atomic E-state index is 0.141. The maximum atomic E-state index is 12.8. The number of hydrazine groups is 1. The zero-order valence-electron chi connectivity index (χ0n) is 13.6. The molecule has 0 unspecified atom stereocenters. The van der Waals surface area contributed by atoms with Crippen LogP contribution in [0.1, 0.15) is 23.2 Å². The number of rotatable bonds is 6. The lowest BCUT2D eigenvalue weighted by Crippen LogP contribution is -2.45. The first kappa shape index (κ1) is 17.0. The standard InChI is InChI=1S/C15H21N3O5/c1-21-10-7-13(19)17-8-4-9-18(17)15(20)11-5-6-12(22-2)16-14(11)23-3/h5-6H,4,7-10H2,1-3H3. The number of carbonyl (C=O) groups is 2. The summed E-state index contributed by atoms with van der Waals surface area (Å²) in [7, 11) is 4.46. The second-order valence-electron chi connectivity index (χ2n) is 4.95. The van der Waals surface area contributed by atoms with Gasteiger partial charge in [0.1, 0.15) is 5.56 Å². The largest absolute Gasteiger partial charge is 0.481 e. The maximum Gasteiger partial charge on any atom is 0.277 e. The van der Waals surface area contributed by atoms with Gasteiger partial charge in [0.2, 0.25) is 17.7 Å². The van der Waals surface area contributed by atoms with Gasteiger partial charge >= 0.3 is 0 Å². The number of ether oxygens (including phenoxy) is 3. The Kier molecular flexibility index (Phi) is 5.75. The van der Waals surface area contributed by atoms with E-state index >= 15 is 0 Å². The number of pyridine rings is 1. The first-order valence-electron chi connectivity index (χ1n) is 7.32. The van der Waals surface area contributed by atoms with Gasteiger partial charge in [0.05, 0.1) is 27.2 Å². The smallest absolute Gasteiger partial charge is 0.277 e. The molecule has 0 spiro atoms. The fraction of sp³-hybridized carbons (Fsp3) is 0.533. The van der Waals surface area contributed by atoms with Gasteiger partial charge in [-0.1, -0.05) is 0 Å². The van der Waals surface area contributed by atoms with E-state index in [1.54, 1.807) is 12.1 Å². The van der Waals surface area contributed by atoms with Crippen LogP contribution in [-0.4, -0.2) is 67.8 Å². The average Bonchev–Trinajstić information content (AvgIpc) is 3.08. The minimum Gasteiger partial charge on any atom is -0.481 e. The highest BCUT2D eigenvalue weighted by molar-refractivity contribution is 5.97. The summed E-state index contributed by atoms with van der Waals surface area (Å²) in [6.45, 7) is 1.32. The second kappa shape index (κ2) is 7.77. The van der Waals surface area contributed by atoms with Crippen LogP contribution in [0.15, 0.2) is 12.1 Å². The first-order valence-corrected chi connectivity index (χ1v) is 7.32. The Labute approximate surface area is 134 Å². The lowest BCUT2D eigenvalue weighted by molar-refractivity contribution is -0.141. The monoisotopic (exact) mass is 323 g/mol. The van der Waals surface area contributed by atoms with E-state index in [1.165, 1.54) is 31.3 Å². The van der Waals surface area contributed by atoms with E-state index in [0.29, 0.717) is 31.1 Å². The quantitative estimate of drug-likeness (QED) is 0.767. The minimum atomic E-state index is -0.319. The summed E-state index contributed by atoms with van der Waals surface area (Å²) in [5, 5.41) is 2.90. The van der Waals surface area contributed by atoms with Crippen molar-refractivity contribution >= 4 is 11.8 Å². The van der Waals surface area contributed by atoms with E-state index in [4.69, 9.17) is 14.2 Å². The normalized spacial score (nSPS) is 14.0. The van der Waals surface area contributed by atoms with E-state index in [-0.39, 0.29) is 24.1 Å². The number of nitrogens with zero attached hydrogens (tertiary/aromatic N) is 3. The molecule has 0 aromatic carbocycles. The predicted octanol–water partition coefficient (Wildman–Crippen LogP) is 0.725. The van der Waals surface area contributed by atoms with Crippen LogP contribution in [0.2, 0.25) is 0 Å². The van der Waals surface area contributed by atoms with Gasteiger partial charge in [0, 0.05) is 26.3 Å². The summed E-state index contributed by atoms with van der Waals surface area (Å²) in [5.41, 5.74) is 0.291. The number of aromatic nitrogens is 1. The molecule has 0 saturated carbocycles. The number of hydrogen-bond acceptors (Lipinski definition) is 6. The summed E-state index contributed by atoms with van der Waals surface area (Å²) in [6.07, 6.45) is 0.967. The van der Waals surface area contributed by atoms with Gasteiger partial charge in [0.15, 0.2) is 0 Å². The number of carbonyl (C=O) groups excluding carboxylic acids is 2. The Morgan fingerprint density at radius 1 is 1.13 bits per heavy atom. The van der Waals surface area contributed by atoms with Gasteiger partial charge in [0.25, 0.3) is 5.91 Å². The lowest BCUT2D eigenvalue weighted by atomic mass is 10.2. The number of hydrogen-bond donors (Lipinski definition) is 0. The predicted molar refractivity (Wildman–Crippen MR) is 81.2 cm³/mol. The highest BCUT2D eigenvalue weighted by atomic mass is 16.5. The van der Waals surface area contributed by atoms with Crippen LogP contribution in [0.4, 0.5) is 0 Å². The van der Waals surface area contributed by atoms with Crippen molar-refractivity contribution in [3.05, 3.63) is 17.7 Å². The van der Waals surface area contributed by atoms with Crippen molar-refractivity contribution in [2.45, 2.75) is 12.8 Å². The van der Waals surface area contributed by atoms with Gasteiger partial charge in [-0.25, -0.2) is 5.01 Å². The molecule has 2 amide bonds. The molecular weight excluding hydrogens is 302 g/mol. The first-order chi connectivity index (χ1) is 11.1. The topological polar surface area (TPSA) is 81.2 Å². The Bertz CT molecular complexity index is 578. The van der Waals surface area contributed by atoms with E-state index in [0.717, 1.165) is 6.42 Å². The van der Waals surface area contributed by atoms with Crippen molar-refractivity contribution < 1.29 is 23.8 Å². The molecule has 1 aliphatic heterocycles. The van der Waals surface area contributed by atoms with Crippen molar-refractivity contribution in [2.75, 3.05) is 41.0 Å². The Hall–Kier alpha value is -2.35. The van der Waals surface area contributed by atoms with E-state index in [2.05, 4.69) is 4.98 Å². The van der Waals surface area contributed by atoms with Crippen molar-refractivity contribution in [1.29, 1.82) is 0 Å². The van der Waals surface area contributed by atoms with Crippen molar-refractivity contribution in [3.63, 3.8) is 0 Å². The molecule has 8 heteroatoms. The van der Waals surface area contributed by atoms with Crippen molar-refractivity contribution in [1.82, 2.24) is 15.0 Å². The fourth-order valence-electron chi connectivity index (χ4n) is 2.40. The summed E-state index contributed by atoms with van der Waals surface area (Å²) in [4.78, 5) is 29.1. The third kappa shape index (κ3) is 3.70. The van der Waals surface area contributed by atoms with E-state index < -0.39 is 0 Å². The van der Waals surface area contributed by atoms with Crippen molar-refractivity contribution in [2.24, 2.45) is 0 Å². The van der Waals surface area contributed by atoms with E-state index in [9.17, 15) is 9.59 Å². The van der Waals surface area contributed by atoms with Crippen LogP contribution in [-0.2, 0) is 9.53 Å². The molecule has 8 nitrogen and oxygen atoms in total. The summed E-state index contributed by atoms with van der Waals surface area (Å²) in [6, 6.07) is 3.17. The van der Waals surface area contributed by atoms with Crippen LogP contribution >= 0.6 is 0 Å². The molecule has 1 aromatic heterocycles. The molecule has 1 fully saturated rings. The SMILES string of the molecule is COCCC(=O)N1CCCN1C(=O)c1ccc(OC)nc1OC. The lowest BCUT2D eigenvalue weighted by Gasteiger charge is -2.28. The average molecular weight is 323 g/mol. The highest BCUT2D eigenvalue weighted by Gasteiger charge is 2.32. The molecule has 0 N–H and O–H groups in total. The van der Waals surface area contributed by atoms with Gasteiger partial charge in [-0.2, -0.15) is 4.98 Å². The molecule has 0 atom stereocenters. The molecule has 126 valence electrons. The fourth-order valence-corrected chi connectivity index (χ4v) is 2.40. The van der Waals surface area contributed by atoms with Gasteiger partial charge in [-0.15, -0.1) is 0 Å². The highest BCUT2D eigenvalue weighted by Crippen LogP contribution is 2.24. The summed E-state index contributed by atoms with van der Waals surface area (Å²) < 4.78 is 15.1. The molecule has 0 bridgehead atoms. The summed E-state index contributed by atoms with van der Waals surface area (Å²) in [5.74, 6) is 0.0665. The van der Waals surface area contributed by atoms with Crippen LogP contribution in [0.3, 0.4) is 0 Å². The van der Waals surface area contributed by atoms with E-state index in [1.807, 2.05) is 0 Å². The zero-order valence-corrected chi connectivity index (χ0v) is 13.6. The molecule has 1 aromatic rings. The Balaban J connectivity index is 2.20. The second-order valence-corrected chi connectivity index (χ2v) is 4.95. The number of methoxy groups -OCH3 is 3. The zero-order chi connectivity index (χ0) is 16.8. The molecule has 1 saturated heterocycles. The van der Waals surface area contributed by atoms with Gasteiger partial charge in [-0.3, -0.25) is 14.6 Å². The van der Waals surface area contributed by atoms with Crippen LogP contribution < -0.4 is 9.47 Å². The van der Waals surface area contributed by atoms with Crippen LogP contribution in [0.25, 0.3) is 0 Å². The molecule has 2 heterocycles. The molecule has 2 rings (SSSR count).